The number of fused-ring (bicyclic) bond motifs is 4. The van der Waals surface area contributed by atoms with Crippen molar-refractivity contribution in [2.24, 2.45) is 0 Å². The highest BCUT2D eigenvalue weighted by atomic mass is 32.1. The lowest BCUT2D eigenvalue weighted by Gasteiger charge is -2.33. The number of thiazole rings is 1. The SMILES string of the molecule is COCCOCCC1(CCOCCOC)c2cc(N)ccc2-c2ccc(-c3nc4ccccc4s3)cc21. The Hall–Kier alpha value is -2.81. The first-order valence-corrected chi connectivity index (χ1v) is 13.5. The van der Waals surface area contributed by atoms with E-state index in [1.807, 2.05) is 12.1 Å². The summed E-state index contributed by atoms with van der Waals surface area (Å²) in [5.41, 5.74) is 14.0. The Kier molecular flexibility index (Phi) is 8.17. The van der Waals surface area contributed by atoms with Crippen LogP contribution in [0.2, 0.25) is 0 Å². The van der Waals surface area contributed by atoms with Crippen LogP contribution in [0.15, 0.2) is 60.7 Å². The summed E-state index contributed by atoms with van der Waals surface area (Å²) in [7, 11) is 3.38. The summed E-state index contributed by atoms with van der Waals surface area (Å²) in [4.78, 5) is 4.93. The molecule has 3 aromatic carbocycles. The van der Waals surface area contributed by atoms with Gasteiger partial charge >= 0.3 is 0 Å². The minimum absolute atomic E-state index is 0.285. The molecular weight excluding hydrogens is 484 g/mol. The fourth-order valence-electron chi connectivity index (χ4n) is 5.29. The Balaban J connectivity index is 1.56. The number of aromatic nitrogens is 1. The lowest BCUT2D eigenvalue weighted by molar-refractivity contribution is 0.0491. The van der Waals surface area contributed by atoms with Crippen molar-refractivity contribution in [1.29, 1.82) is 0 Å². The number of nitrogens with zero attached hydrogens (tertiary/aromatic N) is 1. The number of para-hydroxylation sites is 1. The fraction of sp³-hybridized carbons (Fsp3) is 0.367. The van der Waals surface area contributed by atoms with E-state index in [9.17, 15) is 0 Å². The molecule has 194 valence electrons. The molecule has 0 radical (unpaired) electrons. The van der Waals surface area contributed by atoms with Gasteiger partial charge in [0, 0.05) is 44.1 Å². The van der Waals surface area contributed by atoms with Gasteiger partial charge in [-0.1, -0.05) is 30.3 Å². The Morgan fingerprint density at radius 1 is 0.757 bits per heavy atom. The molecule has 37 heavy (non-hydrogen) atoms. The molecule has 1 aliphatic rings. The zero-order chi connectivity index (χ0) is 25.7. The van der Waals surface area contributed by atoms with Gasteiger partial charge in [0.25, 0.3) is 0 Å². The Bertz CT molecular complexity index is 1310. The van der Waals surface area contributed by atoms with Gasteiger partial charge < -0.3 is 24.7 Å². The molecule has 0 saturated heterocycles. The third-order valence-corrected chi connectivity index (χ3v) is 8.22. The van der Waals surface area contributed by atoms with E-state index in [0.717, 1.165) is 34.6 Å². The van der Waals surface area contributed by atoms with Crippen LogP contribution in [0.25, 0.3) is 31.9 Å². The van der Waals surface area contributed by atoms with Crippen molar-refractivity contribution in [3.63, 3.8) is 0 Å². The number of hydrogen-bond acceptors (Lipinski definition) is 7. The first-order chi connectivity index (χ1) is 18.2. The topological polar surface area (TPSA) is 75.8 Å². The number of hydrogen-bond donors (Lipinski definition) is 1. The van der Waals surface area contributed by atoms with Gasteiger partial charge in [-0.05, 0) is 65.4 Å². The summed E-state index contributed by atoms with van der Waals surface area (Å²) in [6.45, 7) is 3.52. The Morgan fingerprint density at radius 3 is 2.08 bits per heavy atom. The van der Waals surface area contributed by atoms with Gasteiger partial charge in [0.05, 0.1) is 36.6 Å². The summed E-state index contributed by atoms with van der Waals surface area (Å²) < 4.78 is 23.5. The van der Waals surface area contributed by atoms with Crippen molar-refractivity contribution in [3.05, 3.63) is 71.8 Å². The molecule has 1 aromatic heterocycles. The number of ether oxygens (including phenoxy) is 4. The molecule has 1 aliphatic carbocycles. The van der Waals surface area contributed by atoms with E-state index < -0.39 is 0 Å². The number of benzene rings is 3. The molecule has 0 unspecified atom stereocenters. The quantitative estimate of drug-likeness (QED) is 0.175. The molecule has 5 rings (SSSR count). The maximum atomic E-state index is 6.34. The summed E-state index contributed by atoms with van der Waals surface area (Å²) in [6.07, 6.45) is 1.63. The molecule has 0 saturated carbocycles. The van der Waals surface area contributed by atoms with Gasteiger partial charge in [0.2, 0.25) is 0 Å². The van der Waals surface area contributed by atoms with E-state index in [2.05, 4.69) is 48.5 Å². The lowest BCUT2D eigenvalue weighted by atomic mass is 9.73. The van der Waals surface area contributed by atoms with Crippen molar-refractivity contribution in [2.75, 3.05) is 59.6 Å². The first kappa shape index (κ1) is 25.8. The summed E-state index contributed by atoms with van der Waals surface area (Å²) in [6, 6.07) is 21.3. The maximum absolute atomic E-state index is 6.34. The molecule has 4 aromatic rings. The van der Waals surface area contributed by atoms with Crippen molar-refractivity contribution in [2.45, 2.75) is 18.3 Å². The maximum Gasteiger partial charge on any atom is 0.124 e. The predicted octanol–water partition coefficient (Wildman–Crippen LogP) is 5.92. The molecule has 0 spiro atoms. The van der Waals surface area contributed by atoms with Gasteiger partial charge in [0.15, 0.2) is 0 Å². The van der Waals surface area contributed by atoms with E-state index in [0.29, 0.717) is 39.6 Å². The van der Waals surface area contributed by atoms with Crippen LogP contribution in [0.1, 0.15) is 24.0 Å². The summed E-state index contributed by atoms with van der Waals surface area (Å²) >= 11 is 1.73. The normalized spacial score (nSPS) is 13.7. The number of rotatable bonds is 13. The van der Waals surface area contributed by atoms with Gasteiger partial charge in [-0.2, -0.15) is 0 Å². The van der Waals surface area contributed by atoms with Crippen LogP contribution in [0.4, 0.5) is 5.69 Å². The third-order valence-electron chi connectivity index (χ3n) is 7.14. The molecule has 1 heterocycles. The minimum atomic E-state index is -0.285. The van der Waals surface area contributed by atoms with Crippen LogP contribution >= 0.6 is 11.3 Å². The van der Waals surface area contributed by atoms with Gasteiger partial charge in [-0.15, -0.1) is 11.3 Å². The molecule has 2 N–H and O–H groups in total. The van der Waals surface area contributed by atoms with E-state index >= 15 is 0 Å². The van der Waals surface area contributed by atoms with Crippen LogP contribution < -0.4 is 5.73 Å². The van der Waals surface area contributed by atoms with Gasteiger partial charge in [-0.3, -0.25) is 0 Å². The van der Waals surface area contributed by atoms with E-state index in [-0.39, 0.29) is 5.41 Å². The first-order valence-electron chi connectivity index (χ1n) is 12.7. The largest absolute Gasteiger partial charge is 0.399 e. The Labute approximate surface area is 222 Å². The molecule has 0 bridgehead atoms. The zero-order valence-corrected chi connectivity index (χ0v) is 22.3. The monoisotopic (exact) mass is 518 g/mol. The molecular formula is C30H34N2O4S. The minimum Gasteiger partial charge on any atom is -0.399 e. The van der Waals surface area contributed by atoms with Crippen molar-refractivity contribution in [3.8, 4) is 21.7 Å². The second-order valence-electron chi connectivity index (χ2n) is 9.34. The van der Waals surface area contributed by atoms with Crippen LogP contribution in [-0.4, -0.2) is 58.8 Å². The van der Waals surface area contributed by atoms with E-state index in [4.69, 9.17) is 29.7 Å². The second kappa shape index (κ2) is 11.7. The Morgan fingerprint density at radius 2 is 1.41 bits per heavy atom. The number of methoxy groups -OCH3 is 2. The number of anilines is 1. The molecule has 0 fully saturated rings. The van der Waals surface area contributed by atoms with Crippen LogP contribution in [0, 0.1) is 0 Å². The molecule has 6 nitrogen and oxygen atoms in total. The zero-order valence-electron chi connectivity index (χ0n) is 21.5. The second-order valence-corrected chi connectivity index (χ2v) is 10.4. The lowest BCUT2D eigenvalue weighted by Crippen LogP contribution is -2.30. The molecule has 7 heteroatoms. The van der Waals surface area contributed by atoms with Crippen LogP contribution in [0.5, 0.6) is 0 Å². The predicted molar refractivity (Wildman–Crippen MR) is 150 cm³/mol. The molecule has 0 aliphatic heterocycles. The fourth-order valence-corrected chi connectivity index (χ4v) is 6.25. The van der Waals surface area contributed by atoms with Gasteiger partial charge in [0.1, 0.15) is 5.01 Å². The highest BCUT2D eigenvalue weighted by Gasteiger charge is 2.43. The average molecular weight is 519 g/mol. The van der Waals surface area contributed by atoms with Crippen LogP contribution in [-0.2, 0) is 24.4 Å². The smallest absolute Gasteiger partial charge is 0.124 e. The number of nitrogens with two attached hydrogens (primary N) is 1. The molecule has 0 amide bonds. The van der Waals surface area contributed by atoms with Crippen molar-refractivity contribution in [1.82, 2.24) is 4.98 Å². The highest BCUT2D eigenvalue weighted by molar-refractivity contribution is 7.21. The van der Waals surface area contributed by atoms with Gasteiger partial charge in [-0.25, -0.2) is 4.98 Å². The summed E-state index contributed by atoms with van der Waals surface area (Å²) in [5.74, 6) is 0. The highest BCUT2D eigenvalue weighted by Crippen LogP contribution is 2.54. The molecule has 0 atom stereocenters. The van der Waals surface area contributed by atoms with Crippen molar-refractivity contribution < 1.29 is 18.9 Å². The third kappa shape index (κ3) is 5.28. The summed E-state index contributed by atoms with van der Waals surface area (Å²) in [5, 5.41) is 1.03. The van der Waals surface area contributed by atoms with E-state index in [1.54, 1.807) is 25.6 Å². The van der Waals surface area contributed by atoms with Crippen molar-refractivity contribution >= 4 is 27.2 Å². The van der Waals surface area contributed by atoms with E-state index in [1.165, 1.54) is 27.0 Å². The average Bonchev–Trinajstić information content (AvgIpc) is 3.46. The standard InChI is InChI=1S/C30H34N2O4S/c1-33-15-17-35-13-11-30(12-14-36-18-16-34-2)25-19-21(29-32-27-5-3-4-6-28(27)37-29)7-9-23(25)24-10-8-22(31)20-26(24)30/h3-10,19-20H,11-18,31H2,1-2H3. The van der Waals surface area contributed by atoms with Crippen LogP contribution in [0.3, 0.4) is 0 Å². The number of nitrogen functional groups attached to an aromatic ring is 1.